The Balaban J connectivity index is 1.65. The quantitative estimate of drug-likeness (QED) is 0.874. The molecule has 0 radical (unpaired) electrons. The van der Waals surface area contributed by atoms with Gasteiger partial charge in [-0.2, -0.15) is 13.2 Å². The highest BCUT2D eigenvalue weighted by Crippen LogP contribution is 2.28. The molecule has 1 atom stereocenters. The average molecular weight is 369 g/mol. The highest BCUT2D eigenvalue weighted by Gasteiger charge is 2.32. The lowest BCUT2D eigenvalue weighted by Crippen LogP contribution is -2.36. The molecular weight excluding hydrogens is 351 g/mol. The number of alkyl halides is 3. The number of amides is 1. The zero-order valence-corrected chi connectivity index (χ0v) is 14.2. The van der Waals surface area contributed by atoms with E-state index in [0.29, 0.717) is 6.54 Å². The van der Waals surface area contributed by atoms with E-state index in [1.165, 1.54) is 4.88 Å². The molecule has 0 spiro atoms. The van der Waals surface area contributed by atoms with E-state index in [4.69, 9.17) is 0 Å². The third-order valence-electron chi connectivity index (χ3n) is 4.23. The zero-order valence-electron chi connectivity index (χ0n) is 13.4. The second-order valence-electron chi connectivity index (χ2n) is 5.91. The summed E-state index contributed by atoms with van der Waals surface area (Å²) in [7, 11) is 0. The third-order valence-corrected chi connectivity index (χ3v) is 5.20. The predicted octanol–water partition coefficient (Wildman–Crippen LogP) is 3.73. The molecule has 1 aliphatic heterocycles. The number of thiophene rings is 1. The highest BCUT2D eigenvalue weighted by atomic mass is 32.1. The van der Waals surface area contributed by atoms with Gasteiger partial charge in [-0.05, 0) is 49.5 Å². The Morgan fingerprint density at radius 1 is 1.28 bits per heavy atom. The number of nitrogens with zero attached hydrogens (tertiary/aromatic N) is 2. The van der Waals surface area contributed by atoms with E-state index in [1.807, 2.05) is 17.5 Å². The molecule has 1 N–H and O–H groups in total. The lowest BCUT2D eigenvalue weighted by Gasteiger charge is -2.26. The van der Waals surface area contributed by atoms with Gasteiger partial charge in [-0.25, -0.2) is 0 Å². The summed E-state index contributed by atoms with van der Waals surface area (Å²) in [5.74, 6) is -0.415. The minimum atomic E-state index is -4.50. The number of carbonyl (C=O) groups is 1. The fourth-order valence-corrected chi connectivity index (χ4v) is 3.79. The number of hydrogen-bond acceptors (Lipinski definition) is 4. The van der Waals surface area contributed by atoms with Crippen molar-refractivity contribution in [3.63, 3.8) is 0 Å². The summed E-state index contributed by atoms with van der Waals surface area (Å²) in [6.07, 6.45) is -1.26. The summed E-state index contributed by atoms with van der Waals surface area (Å²) in [6, 6.07) is 6.09. The Labute approximate surface area is 147 Å². The van der Waals surface area contributed by atoms with E-state index in [9.17, 15) is 18.0 Å². The minimum absolute atomic E-state index is 0.0915. The first-order valence-electron chi connectivity index (χ1n) is 8.04. The maximum Gasteiger partial charge on any atom is 0.433 e. The summed E-state index contributed by atoms with van der Waals surface area (Å²) in [4.78, 5) is 19.1. The maximum atomic E-state index is 12.5. The SMILES string of the molecule is O=C(NCC(c1cccs1)N1CCCC1)c1ccc(C(F)(F)F)nc1. The van der Waals surface area contributed by atoms with Crippen molar-refractivity contribution in [2.75, 3.05) is 19.6 Å². The molecule has 1 fully saturated rings. The van der Waals surface area contributed by atoms with Crippen LogP contribution in [0, 0.1) is 0 Å². The molecule has 4 nitrogen and oxygen atoms in total. The van der Waals surface area contributed by atoms with Gasteiger partial charge in [-0.1, -0.05) is 6.07 Å². The van der Waals surface area contributed by atoms with Crippen LogP contribution in [0.2, 0.25) is 0 Å². The molecule has 0 aliphatic carbocycles. The molecule has 2 aromatic heterocycles. The van der Waals surface area contributed by atoms with Gasteiger partial charge in [0.1, 0.15) is 5.69 Å². The molecule has 1 amide bonds. The number of rotatable bonds is 5. The van der Waals surface area contributed by atoms with E-state index in [2.05, 4.69) is 15.2 Å². The second-order valence-corrected chi connectivity index (χ2v) is 6.89. The van der Waals surface area contributed by atoms with E-state index in [1.54, 1.807) is 11.3 Å². The van der Waals surface area contributed by atoms with Gasteiger partial charge in [0.25, 0.3) is 5.91 Å². The molecule has 25 heavy (non-hydrogen) atoms. The van der Waals surface area contributed by atoms with E-state index in [0.717, 1.165) is 44.3 Å². The lowest BCUT2D eigenvalue weighted by atomic mass is 10.2. The van der Waals surface area contributed by atoms with E-state index < -0.39 is 17.8 Å². The van der Waals surface area contributed by atoms with Crippen LogP contribution in [0.3, 0.4) is 0 Å². The van der Waals surface area contributed by atoms with Crippen molar-refractivity contribution in [3.05, 3.63) is 52.0 Å². The van der Waals surface area contributed by atoms with Gasteiger partial charge >= 0.3 is 6.18 Å². The molecule has 1 aliphatic rings. The number of likely N-dealkylation sites (tertiary alicyclic amines) is 1. The molecule has 0 bridgehead atoms. The van der Waals surface area contributed by atoms with Crippen LogP contribution in [0.1, 0.15) is 39.8 Å². The van der Waals surface area contributed by atoms with Crippen LogP contribution in [-0.4, -0.2) is 35.4 Å². The summed E-state index contributed by atoms with van der Waals surface area (Å²) in [5.41, 5.74) is -0.878. The maximum absolute atomic E-state index is 12.5. The first-order chi connectivity index (χ1) is 11.9. The number of hydrogen-bond donors (Lipinski definition) is 1. The molecule has 134 valence electrons. The van der Waals surface area contributed by atoms with Crippen molar-refractivity contribution in [2.24, 2.45) is 0 Å². The highest BCUT2D eigenvalue weighted by molar-refractivity contribution is 7.10. The molecule has 1 unspecified atom stereocenters. The summed E-state index contributed by atoms with van der Waals surface area (Å²) < 4.78 is 37.6. The Morgan fingerprint density at radius 3 is 2.60 bits per heavy atom. The molecule has 3 rings (SSSR count). The van der Waals surface area contributed by atoms with Crippen molar-refractivity contribution >= 4 is 17.2 Å². The fourth-order valence-electron chi connectivity index (χ4n) is 2.93. The predicted molar refractivity (Wildman–Crippen MR) is 89.4 cm³/mol. The van der Waals surface area contributed by atoms with Crippen LogP contribution in [-0.2, 0) is 6.18 Å². The van der Waals surface area contributed by atoms with Gasteiger partial charge in [0.05, 0.1) is 11.6 Å². The third kappa shape index (κ3) is 4.38. The standard InChI is InChI=1S/C17H18F3N3OS/c18-17(19,20)15-6-5-12(10-21-15)16(24)22-11-13(14-4-3-9-25-14)23-7-1-2-8-23/h3-6,9-10,13H,1-2,7-8,11H2,(H,22,24). The molecular formula is C17H18F3N3OS. The van der Waals surface area contributed by atoms with Crippen molar-refractivity contribution in [1.82, 2.24) is 15.2 Å². The van der Waals surface area contributed by atoms with Crippen molar-refractivity contribution < 1.29 is 18.0 Å². The lowest BCUT2D eigenvalue weighted by molar-refractivity contribution is -0.141. The number of carbonyl (C=O) groups excluding carboxylic acids is 1. The zero-order chi connectivity index (χ0) is 17.9. The van der Waals surface area contributed by atoms with Gasteiger partial charge in [0, 0.05) is 17.6 Å². The molecule has 0 saturated carbocycles. The Kier molecular flexibility index (Phi) is 5.39. The molecule has 1 saturated heterocycles. The van der Waals surface area contributed by atoms with Crippen LogP contribution >= 0.6 is 11.3 Å². The van der Waals surface area contributed by atoms with Crippen LogP contribution in [0.15, 0.2) is 35.8 Å². The fraction of sp³-hybridized carbons (Fsp3) is 0.412. The molecule has 2 aromatic rings. The summed E-state index contributed by atoms with van der Waals surface area (Å²) >= 11 is 1.64. The topological polar surface area (TPSA) is 45.2 Å². The van der Waals surface area contributed by atoms with Crippen LogP contribution < -0.4 is 5.32 Å². The monoisotopic (exact) mass is 369 g/mol. The summed E-state index contributed by atoms with van der Waals surface area (Å²) in [5, 5.41) is 4.83. The number of halogens is 3. The molecule has 0 aromatic carbocycles. The number of aromatic nitrogens is 1. The van der Waals surface area contributed by atoms with E-state index in [-0.39, 0.29) is 11.6 Å². The first-order valence-corrected chi connectivity index (χ1v) is 8.92. The second kappa shape index (κ2) is 7.53. The molecule has 3 heterocycles. The van der Waals surface area contributed by atoms with Gasteiger partial charge in [-0.3, -0.25) is 14.7 Å². The van der Waals surface area contributed by atoms with Gasteiger partial charge in [-0.15, -0.1) is 11.3 Å². The van der Waals surface area contributed by atoms with Gasteiger partial charge in [0.2, 0.25) is 0 Å². The first kappa shape index (κ1) is 17.9. The average Bonchev–Trinajstić information content (AvgIpc) is 3.28. The van der Waals surface area contributed by atoms with Crippen molar-refractivity contribution in [3.8, 4) is 0 Å². The summed E-state index contributed by atoms with van der Waals surface area (Å²) in [6.45, 7) is 2.39. The van der Waals surface area contributed by atoms with Crippen LogP contribution in [0.5, 0.6) is 0 Å². The molecule has 8 heteroatoms. The van der Waals surface area contributed by atoms with Crippen LogP contribution in [0.4, 0.5) is 13.2 Å². The number of nitrogens with one attached hydrogen (secondary N) is 1. The van der Waals surface area contributed by atoms with E-state index >= 15 is 0 Å². The van der Waals surface area contributed by atoms with Gasteiger partial charge < -0.3 is 5.32 Å². The Bertz CT molecular complexity index is 695. The minimum Gasteiger partial charge on any atom is -0.350 e. The largest absolute Gasteiger partial charge is 0.433 e. The van der Waals surface area contributed by atoms with Crippen molar-refractivity contribution in [2.45, 2.75) is 25.1 Å². The van der Waals surface area contributed by atoms with Crippen molar-refractivity contribution in [1.29, 1.82) is 0 Å². The van der Waals surface area contributed by atoms with Gasteiger partial charge in [0.15, 0.2) is 0 Å². The smallest absolute Gasteiger partial charge is 0.350 e. The van der Waals surface area contributed by atoms with Crippen LogP contribution in [0.25, 0.3) is 0 Å². The Hall–Kier alpha value is -1.93. The normalized spacial score (nSPS) is 16.8. The Morgan fingerprint density at radius 2 is 2.04 bits per heavy atom. The number of pyridine rings is 1.